The molecule has 0 heterocycles. The molecule has 0 bridgehead atoms. The summed E-state index contributed by atoms with van der Waals surface area (Å²) >= 11 is 13.8. The third-order valence-corrected chi connectivity index (χ3v) is 11.0. The molecule has 6 rings (SSSR count). The number of anilines is 2. The van der Waals surface area contributed by atoms with E-state index in [0.717, 1.165) is 16.7 Å². The quantitative estimate of drug-likeness (QED) is 0.0789. The Hall–Kier alpha value is -5.87. The van der Waals surface area contributed by atoms with Crippen LogP contribution in [0.4, 0.5) is 16.2 Å². The molecule has 6 aromatic rings. The first kappa shape index (κ1) is 41.8. The molecule has 58 heavy (non-hydrogen) atoms. The van der Waals surface area contributed by atoms with Gasteiger partial charge in [0.05, 0.1) is 10.4 Å². The highest BCUT2D eigenvalue weighted by atomic mass is 35.5. The standard InChI is InChI=1S/C47H41Cl2N3O5S/c1-46(2,3)57-45(56)52-41(30-58-47(33-18-10-5-11-19-33,34-20-12-6-13-21-34)35-22-14-7-15-23-35)44(55)50-38-24-25-40(39(29-38)42(53)31-16-8-4-9-17-31)51-43(54)32-26-36(48)28-37(49)27-32/h4-29,41H,30H2,1-3H3,(H,50,55)(H,51,54)(H,52,56)/t41-/m0/s1. The predicted octanol–water partition coefficient (Wildman–Crippen LogP) is 11.0. The van der Waals surface area contributed by atoms with Gasteiger partial charge in [-0.05, 0) is 73.9 Å². The summed E-state index contributed by atoms with van der Waals surface area (Å²) in [4.78, 5) is 55.1. The molecule has 0 aliphatic heterocycles. The number of halogens is 2. The van der Waals surface area contributed by atoms with Gasteiger partial charge in [0.25, 0.3) is 5.91 Å². The van der Waals surface area contributed by atoms with E-state index in [2.05, 4.69) is 52.3 Å². The van der Waals surface area contributed by atoms with Gasteiger partial charge in [0.2, 0.25) is 5.91 Å². The second-order valence-corrected chi connectivity index (χ2v) is 16.5. The minimum atomic E-state index is -1.12. The number of thioether (sulfide) groups is 1. The molecule has 0 unspecified atom stereocenters. The third kappa shape index (κ3) is 10.3. The second kappa shape index (κ2) is 18.6. The van der Waals surface area contributed by atoms with Crippen molar-refractivity contribution in [2.24, 2.45) is 0 Å². The first-order valence-corrected chi connectivity index (χ1v) is 20.2. The lowest BCUT2D eigenvalue weighted by Crippen LogP contribution is -2.48. The van der Waals surface area contributed by atoms with Gasteiger partial charge in [-0.1, -0.05) is 145 Å². The zero-order chi connectivity index (χ0) is 41.3. The molecule has 0 aromatic heterocycles. The van der Waals surface area contributed by atoms with Crippen LogP contribution < -0.4 is 16.0 Å². The van der Waals surface area contributed by atoms with Crippen LogP contribution in [0.25, 0.3) is 0 Å². The van der Waals surface area contributed by atoms with E-state index in [1.165, 1.54) is 42.1 Å². The summed E-state index contributed by atoms with van der Waals surface area (Å²) in [5.41, 5.74) is 3.25. The highest BCUT2D eigenvalue weighted by molar-refractivity contribution is 8.00. The van der Waals surface area contributed by atoms with E-state index in [0.29, 0.717) is 5.56 Å². The highest BCUT2D eigenvalue weighted by Gasteiger charge is 2.39. The molecule has 0 saturated heterocycles. The number of ether oxygens (including phenoxy) is 1. The number of alkyl carbamates (subject to hydrolysis) is 1. The molecule has 3 N–H and O–H groups in total. The van der Waals surface area contributed by atoms with Crippen molar-refractivity contribution >= 4 is 70.0 Å². The molecular formula is C47H41Cl2N3O5S. The average molecular weight is 831 g/mol. The van der Waals surface area contributed by atoms with Crippen LogP contribution in [0.5, 0.6) is 0 Å². The summed E-state index contributed by atoms with van der Waals surface area (Å²) in [6.45, 7) is 5.23. The molecule has 294 valence electrons. The van der Waals surface area contributed by atoms with Crippen LogP contribution in [0.2, 0.25) is 10.0 Å². The summed E-state index contributed by atoms with van der Waals surface area (Å²) in [5.74, 6) is -1.38. The fraction of sp³-hybridized carbons (Fsp3) is 0.149. The number of amides is 3. The Kier molecular flexibility index (Phi) is 13.4. The van der Waals surface area contributed by atoms with Crippen molar-refractivity contribution in [3.05, 3.63) is 201 Å². The van der Waals surface area contributed by atoms with Crippen LogP contribution in [-0.4, -0.2) is 41.1 Å². The van der Waals surface area contributed by atoms with E-state index in [4.69, 9.17) is 27.9 Å². The minimum absolute atomic E-state index is 0.107. The van der Waals surface area contributed by atoms with Crippen molar-refractivity contribution in [2.75, 3.05) is 16.4 Å². The summed E-state index contributed by atoms with van der Waals surface area (Å²) < 4.78 is 4.83. The second-order valence-electron chi connectivity index (χ2n) is 14.3. The highest BCUT2D eigenvalue weighted by Crippen LogP contribution is 2.48. The van der Waals surface area contributed by atoms with Gasteiger partial charge in [-0.3, -0.25) is 14.4 Å². The van der Waals surface area contributed by atoms with E-state index < -0.39 is 40.1 Å². The lowest BCUT2D eigenvalue weighted by Gasteiger charge is -2.36. The van der Waals surface area contributed by atoms with Gasteiger partial charge in [0, 0.05) is 38.2 Å². The number of carbonyl (C=O) groups excluding carboxylic acids is 4. The Balaban J connectivity index is 1.36. The maximum Gasteiger partial charge on any atom is 0.408 e. The van der Waals surface area contributed by atoms with Crippen molar-refractivity contribution < 1.29 is 23.9 Å². The van der Waals surface area contributed by atoms with Gasteiger partial charge in [0.15, 0.2) is 5.78 Å². The number of rotatable bonds is 13. The van der Waals surface area contributed by atoms with Crippen molar-refractivity contribution in [3.8, 4) is 0 Å². The first-order chi connectivity index (χ1) is 27.8. The van der Waals surface area contributed by atoms with Crippen LogP contribution in [0.3, 0.4) is 0 Å². The van der Waals surface area contributed by atoms with E-state index in [9.17, 15) is 19.2 Å². The summed E-state index contributed by atoms with van der Waals surface area (Å²) in [7, 11) is 0. The van der Waals surface area contributed by atoms with Gasteiger partial charge >= 0.3 is 6.09 Å². The zero-order valence-electron chi connectivity index (χ0n) is 32.0. The van der Waals surface area contributed by atoms with E-state index in [1.807, 2.05) is 54.6 Å². The van der Waals surface area contributed by atoms with E-state index in [1.54, 1.807) is 57.2 Å². The van der Waals surface area contributed by atoms with Gasteiger partial charge in [-0.25, -0.2) is 4.79 Å². The third-order valence-electron chi connectivity index (χ3n) is 8.96. The van der Waals surface area contributed by atoms with Gasteiger partial charge < -0.3 is 20.7 Å². The van der Waals surface area contributed by atoms with Gasteiger partial charge in [0.1, 0.15) is 11.6 Å². The molecule has 0 spiro atoms. The Morgan fingerprint density at radius 3 is 1.62 bits per heavy atom. The fourth-order valence-electron chi connectivity index (χ4n) is 6.38. The van der Waals surface area contributed by atoms with Gasteiger partial charge in [-0.2, -0.15) is 0 Å². The molecule has 0 radical (unpaired) electrons. The van der Waals surface area contributed by atoms with Crippen LogP contribution in [-0.2, 0) is 14.3 Å². The summed E-state index contributed by atoms with van der Waals surface area (Å²) in [6, 6.07) is 46.5. The Bertz CT molecular complexity index is 2280. The van der Waals surface area contributed by atoms with E-state index in [-0.39, 0.29) is 38.3 Å². The zero-order valence-corrected chi connectivity index (χ0v) is 34.3. The monoisotopic (exact) mass is 829 g/mol. The molecular weight excluding hydrogens is 790 g/mol. The topological polar surface area (TPSA) is 114 Å². The SMILES string of the molecule is CC(C)(C)OC(=O)N[C@@H](CSC(c1ccccc1)(c1ccccc1)c1ccccc1)C(=O)Nc1ccc(NC(=O)c2cc(Cl)cc(Cl)c2)c(C(=O)c2ccccc2)c1. The first-order valence-electron chi connectivity index (χ1n) is 18.4. The number of benzene rings is 6. The lowest BCUT2D eigenvalue weighted by atomic mass is 9.84. The van der Waals surface area contributed by atoms with Crippen molar-refractivity contribution in [1.82, 2.24) is 5.32 Å². The Labute approximate surface area is 352 Å². The smallest absolute Gasteiger partial charge is 0.408 e. The number of nitrogens with one attached hydrogen (secondary N) is 3. The molecule has 6 aromatic carbocycles. The molecule has 11 heteroatoms. The fourth-order valence-corrected chi connectivity index (χ4v) is 8.47. The predicted molar refractivity (Wildman–Crippen MR) is 234 cm³/mol. The maximum atomic E-state index is 14.4. The number of ketones is 1. The molecule has 0 saturated carbocycles. The minimum Gasteiger partial charge on any atom is -0.444 e. The van der Waals surface area contributed by atoms with Crippen molar-refractivity contribution in [1.29, 1.82) is 0 Å². The van der Waals surface area contributed by atoms with Crippen LogP contribution >= 0.6 is 35.0 Å². The van der Waals surface area contributed by atoms with Crippen LogP contribution in [0.1, 0.15) is 63.7 Å². The number of carbonyl (C=O) groups is 4. The molecule has 0 aliphatic carbocycles. The van der Waals surface area contributed by atoms with Crippen molar-refractivity contribution in [3.63, 3.8) is 0 Å². The molecule has 0 aliphatic rings. The summed E-state index contributed by atoms with van der Waals surface area (Å²) in [6.07, 6.45) is -0.767. The number of hydrogen-bond donors (Lipinski definition) is 3. The Morgan fingerprint density at radius 2 is 1.12 bits per heavy atom. The normalized spacial score (nSPS) is 11.9. The summed E-state index contributed by atoms with van der Waals surface area (Å²) in [5, 5.41) is 9.08. The number of hydrogen-bond acceptors (Lipinski definition) is 6. The molecule has 8 nitrogen and oxygen atoms in total. The lowest BCUT2D eigenvalue weighted by molar-refractivity contribution is -0.117. The Morgan fingerprint density at radius 1 is 0.621 bits per heavy atom. The van der Waals surface area contributed by atoms with Crippen LogP contribution in [0, 0.1) is 0 Å². The van der Waals surface area contributed by atoms with Gasteiger partial charge in [-0.15, -0.1) is 11.8 Å². The van der Waals surface area contributed by atoms with E-state index >= 15 is 0 Å². The molecule has 1 atom stereocenters. The average Bonchev–Trinajstić information content (AvgIpc) is 3.21. The molecule has 0 fully saturated rings. The maximum absolute atomic E-state index is 14.4. The molecule has 3 amide bonds. The van der Waals surface area contributed by atoms with Crippen molar-refractivity contribution in [2.45, 2.75) is 37.2 Å². The van der Waals surface area contributed by atoms with Crippen LogP contribution in [0.15, 0.2) is 158 Å². The largest absolute Gasteiger partial charge is 0.444 e.